The summed E-state index contributed by atoms with van der Waals surface area (Å²) in [6, 6.07) is 0. The zero-order valence-corrected chi connectivity index (χ0v) is 8.70. The molecule has 1 unspecified atom stereocenters. The molecule has 3 N–H and O–H groups in total. The standard InChI is InChI=1S/C9H17NO4/c1-6(2)4-7(11)10-5-9(3,14)8(12)13/h6,14H,4-5H2,1-3H3,(H,10,11)(H,12,13). The first-order valence-corrected chi connectivity index (χ1v) is 4.48. The van der Waals surface area contributed by atoms with Gasteiger partial charge in [-0.25, -0.2) is 4.79 Å². The van der Waals surface area contributed by atoms with Crippen molar-refractivity contribution in [1.29, 1.82) is 0 Å². The van der Waals surface area contributed by atoms with Gasteiger partial charge in [-0.3, -0.25) is 4.79 Å². The summed E-state index contributed by atoms with van der Waals surface area (Å²) in [6.07, 6.45) is 0.329. The summed E-state index contributed by atoms with van der Waals surface area (Å²) in [7, 11) is 0. The summed E-state index contributed by atoms with van der Waals surface area (Å²) in [6.45, 7) is 4.64. The third kappa shape index (κ3) is 4.81. The maximum absolute atomic E-state index is 11.1. The lowest BCUT2D eigenvalue weighted by molar-refractivity contribution is -0.156. The van der Waals surface area contributed by atoms with Gasteiger partial charge in [-0.1, -0.05) is 13.8 Å². The molecule has 0 aliphatic heterocycles. The van der Waals surface area contributed by atoms with E-state index in [1.165, 1.54) is 0 Å². The molecule has 1 atom stereocenters. The summed E-state index contributed by atoms with van der Waals surface area (Å²) in [5, 5.41) is 20.2. The zero-order valence-electron chi connectivity index (χ0n) is 8.70. The fraction of sp³-hybridized carbons (Fsp3) is 0.778. The van der Waals surface area contributed by atoms with Crippen LogP contribution in [0, 0.1) is 5.92 Å². The number of carboxylic acid groups (broad SMARTS) is 1. The van der Waals surface area contributed by atoms with Crippen LogP contribution in [0.4, 0.5) is 0 Å². The fourth-order valence-corrected chi connectivity index (χ4v) is 0.789. The van der Waals surface area contributed by atoms with Crippen molar-refractivity contribution in [1.82, 2.24) is 5.32 Å². The van der Waals surface area contributed by atoms with Crippen LogP contribution in [-0.4, -0.2) is 34.2 Å². The van der Waals surface area contributed by atoms with Crippen molar-refractivity contribution >= 4 is 11.9 Å². The first kappa shape index (κ1) is 12.9. The van der Waals surface area contributed by atoms with E-state index in [9.17, 15) is 14.7 Å². The largest absolute Gasteiger partial charge is 0.479 e. The maximum Gasteiger partial charge on any atom is 0.337 e. The Morgan fingerprint density at radius 3 is 2.29 bits per heavy atom. The quantitative estimate of drug-likeness (QED) is 0.586. The van der Waals surface area contributed by atoms with E-state index in [0.29, 0.717) is 6.42 Å². The van der Waals surface area contributed by atoms with Gasteiger partial charge >= 0.3 is 5.97 Å². The molecule has 0 saturated carbocycles. The Morgan fingerprint density at radius 2 is 1.93 bits per heavy atom. The highest BCUT2D eigenvalue weighted by molar-refractivity contribution is 5.80. The number of nitrogens with one attached hydrogen (secondary N) is 1. The minimum atomic E-state index is -1.90. The van der Waals surface area contributed by atoms with E-state index in [1.807, 2.05) is 13.8 Å². The minimum Gasteiger partial charge on any atom is -0.479 e. The molecule has 14 heavy (non-hydrogen) atoms. The highest BCUT2D eigenvalue weighted by Gasteiger charge is 2.30. The second kappa shape index (κ2) is 4.95. The number of aliphatic hydroxyl groups is 1. The van der Waals surface area contributed by atoms with Gasteiger partial charge in [-0.05, 0) is 12.8 Å². The van der Waals surface area contributed by atoms with E-state index < -0.39 is 11.6 Å². The van der Waals surface area contributed by atoms with Gasteiger partial charge in [0.05, 0.1) is 6.54 Å². The first-order valence-electron chi connectivity index (χ1n) is 4.48. The monoisotopic (exact) mass is 203 g/mol. The molecule has 0 bridgehead atoms. The number of hydrogen-bond acceptors (Lipinski definition) is 3. The Morgan fingerprint density at radius 1 is 1.43 bits per heavy atom. The molecule has 0 aliphatic rings. The molecule has 82 valence electrons. The normalized spacial score (nSPS) is 14.9. The predicted octanol–water partition coefficient (Wildman–Crippen LogP) is -0.0157. The molecule has 0 heterocycles. The van der Waals surface area contributed by atoms with Crippen LogP contribution in [0.2, 0.25) is 0 Å². The SMILES string of the molecule is CC(C)CC(=O)NCC(C)(O)C(=O)O. The molecule has 0 aromatic carbocycles. The van der Waals surface area contributed by atoms with Crippen molar-refractivity contribution in [2.45, 2.75) is 32.8 Å². The lowest BCUT2D eigenvalue weighted by Crippen LogP contribution is -2.46. The van der Waals surface area contributed by atoms with E-state index in [0.717, 1.165) is 6.92 Å². The van der Waals surface area contributed by atoms with Crippen LogP contribution < -0.4 is 5.32 Å². The van der Waals surface area contributed by atoms with Crippen molar-refractivity contribution < 1.29 is 19.8 Å². The first-order chi connectivity index (χ1) is 6.25. The predicted molar refractivity (Wildman–Crippen MR) is 50.7 cm³/mol. The molecular formula is C9H17NO4. The Kier molecular flexibility index (Phi) is 4.56. The van der Waals surface area contributed by atoms with E-state index in [1.54, 1.807) is 0 Å². The maximum atomic E-state index is 11.1. The van der Waals surface area contributed by atoms with E-state index in [2.05, 4.69) is 5.32 Å². The van der Waals surface area contributed by atoms with E-state index >= 15 is 0 Å². The van der Waals surface area contributed by atoms with Crippen molar-refractivity contribution in [3.8, 4) is 0 Å². The number of aliphatic carboxylic acids is 1. The Hall–Kier alpha value is -1.10. The van der Waals surface area contributed by atoms with Crippen LogP contribution in [0.25, 0.3) is 0 Å². The van der Waals surface area contributed by atoms with Gasteiger partial charge in [-0.15, -0.1) is 0 Å². The third-order valence-electron chi connectivity index (χ3n) is 1.68. The highest BCUT2D eigenvalue weighted by atomic mass is 16.4. The van der Waals surface area contributed by atoms with Crippen molar-refractivity contribution in [3.05, 3.63) is 0 Å². The van der Waals surface area contributed by atoms with Gasteiger partial charge in [0.2, 0.25) is 5.91 Å². The molecule has 0 aliphatic carbocycles. The van der Waals surface area contributed by atoms with Gasteiger partial charge in [0.15, 0.2) is 5.60 Å². The zero-order chi connectivity index (χ0) is 11.4. The van der Waals surface area contributed by atoms with Crippen LogP contribution in [0.3, 0.4) is 0 Å². The summed E-state index contributed by atoms with van der Waals surface area (Å²) in [5.74, 6) is -1.38. The highest BCUT2D eigenvalue weighted by Crippen LogP contribution is 2.02. The average molecular weight is 203 g/mol. The van der Waals surface area contributed by atoms with E-state index in [4.69, 9.17) is 5.11 Å². The smallest absolute Gasteiger partial charge is 0.337 e. The number of carboxylic acids is 1. The Bertz CT molecular complexity index is 223. The molecule has 1 amide bonds. The number of carbonyl (C=O) groups excluding carboxylic acids is 1. The molecule has 0 rings (SSSR count). The topological polar surface area (TPSA) is 86.6 Å². The Balaban J connectivity index is 3.94. The van der Waals surface area contributed by atoms with Crippen LogP contribution in [-0.2, 0) is 9.59 Å². The molecular weight excluding hydrogens is 186 g/mol. The lowest BCUT2D eigenvalue weighted by atomic mass is 10.1. The summed E-state index contributed by atoms with van der Waals surface area (Å²) < 4.78 is 0. The number of carbonyl (C=O) groups is 2. The molecule has 0 radical (unpaired) electrons. The number of hydrogen-bond donors (Lipinski definition) is 3. The fourth-order valence-electron chi connectivity index (χ4n) is 0.789. The van der Waals surface area contributed by atoms with Gasteiger partial charge in [0.25, 0.3) is 0 Å². The van der Waals surface area contributed by atoms with Crippen LogP contribution in [0.15, 0.2) is 0 Å². The van der Waals surface area contributed by atoms with Gasteiger partial charge in [0, 0.05) is 6.42 Å². The summed E-state index contributed by atoms with van der Waals surface area (Å²) in [5.41, 5.74) is -1.90. The second-order valence-corrected chi connectivity index (χ2v) is 3.95. The van der Waals surface area contributed by atoms with Gasteiger partial charge < -0.3 is 15.5 Å². The molecule has 5 nitrogen and oxygen atoms in total. The molecule has 0 aromatic rings. The van der Waals surface area contributed by atoms with Gasteiger partial charge in [-0.2, -0.15) is 0 Å². The molecule has 0 fully saturated rings. The van der Waals surface area contributed by atoms with Crippen LogP contribution in [0.1, 0.15) is 27.2 Å². The molecule has 5 heteroatoms. The molecule has 0 saturated heterocycles. The number of rotatable bonds is 5. The van der Waals surface area contributed by atoms with Crippen LogP contribution in [0.5, 0.6) is 0 Å². The van der Waals surface area contributed by atoms with Gasteiger partial charge in [0.1, 0.15) is 0 Å². The van der Waals surface area contributed by atoms with Crippen molar-refractivity contribution in [2.75, 3.05) is 6.54 Å². The molecule has 0 spiro atoms. The summed E-state index contributed by atoms with van der Waals surface area (Å²) in [4.78, 5) is 21.6. The summed E-state index contributed by atoms with van der Waals surface area (Å²) >= 11 is 0. The average Bonchev–Trinajstić information content (AvgIpc) is 1.99. The minimum absolute atomic E-state index is 0.213. The molecule has 0 aromatic heterocycles. The number of amides is 1. The second-order valence-electron chi connectivity index (χ2n) is 3.95. The third-order valence-corrected chi connectivity index (χ3v) is 1.68. The lowest BCUT2D eigenvalue weighted by Gasteiger charge is -2.18. The van der Waals surface area contributed by atoms with Crippen molar-refractivity contribution in [2.24, 2.45) is 5.92 Å². The van der Waals surface area contributed by atoms with Crippen LogP contribution >= 0.6 is 0 Å². The Labute approximate surface area is 83.1 Å². The van der Waals surface area contributed by atoms with Crippen molar-refractivity contribution in [3.63, 3.8) is 0 Å². The van der Waals surface area contributed by atoms with E-state index in [-0.39, 0.29) is 18.4 Å².